The number of nitrogens with zero attached hydrogens (tertiary/aromatic N) is 2. The van der Waals surface area contributed by atoms with Gasteiger partial charge >= 0.3 is 5.69 Å². The number of hydrogen-bond acceptors (Lipinski definition) is 6. The summed E-state index contributed by atoms with van der Waals surface area (Å²) >= 11 is 0. The number of piperazine rings is 1. The van der Waals surface area contributed by atoms with Gasteiger partial charge in [-0.25, -0.2) is 0 Å². The second kappa shape index (κ2) is 4.96. The maximum Gasteiger partial charge on any atom is 0.304 e. The molecule has 1 aliphatic rings. The number of para-hydroxylation sites is 1. The van der Waals surface area contributed by atoms with Gasteiger partial charge in [-0.05, 0) is 12.1 Å². The van der Waals surface area contributed by atoms with Gasteiger partial charge in [0.15, 0.2) is 0 Å². The van der Waals surface area contributed by atoms with Crippen LogP contribution >= 0.6 is 0 Å². The highest BCUT2D eigenvalue weighted by molar-refractivity contribution is 6.07. The third-order valence-corrected chi connectivity index (χ3v) is 2.72. The van der Waals surface area contributed by atoms with Crippen molar-refractivity contribution in [3.63, 3.8) is 0 Å². The monoisotopic (exact) mass is 278 g/mol. The van der Waals surface area contributed by atoms with Crippen molar-refractivity contribution in [3.8, 4) is 0 Å². The minimum absolute atomic E-state index is 0.159. The lowest BCUT2D eigenvalue weighted by Gasteiger charge is -2.25. The summed E-state index contributed by atoms with van der Waals surface area (Å²) < 4.78 is 0. The average Bonchev–Trinajstić information content (AvgIpc) is 2.35. The van der Waals surface area contributed by atoms with E-state index in [1.165, 1.54) is 18.2 Å². The number of nitrogen functional groups attached to an aromatic ring is 1. The molecule has 20 heavy (non-hydrogen) atoms. The molecule has 0 atom stereocenters. The van der Waals surface area contributed by atoms with Crippen LogP contribution in [0.5, 0.6) is 0 Å². The van der Waals surface area contributed by atoms with E-state index in [0.717, 1.165) is 4.90 Å². The molecule has 1 aromatic carbocycles. The Morgan fingerprint density at radius 1 is 1.30 bits per heavy atom. The van der Waals surface area contributed by atoms with Crippen LogP contribution in [0.1, 0.15) is 10.4 Å². The van der Waals surface area contributed by atoms with Crippen molar-refractivity contribution in [2.75, 3.05) is 18.8 Å². The van der Waals surface area contributed by atoms with Crippen LogP contribution in [0, 0.1) is 10.1 Å². The number of nitro benzene ring substituents is 1. The van der Waals surface area contributed by atoms with E-state index in [2.05, 4.69) is 0 Å². The maximum atomic E-state index is 12.2. The molecule has 3 amide bonds. The van der Waals surface area contributed by atoms with E-state index in [0.29, 0.717) is 0 Å². The molecule has 2 rings (SSSR count). The number of carbonyl (C=O) groups is 3. The first kappa shape index (κ1) is 13.5. The first-order chi connectivity index (χ1) is 9.40. The molecule has 0 spiro atoms. The summed E-state index contributed by atoms with van der Waals surface area (Å²) in [6, 6.07) is 3.91. The van der Waals surface area contributed by atoms with Crippen LogP contribution in [0.2, 0.25) is 0 Å². The molecule has 1 aromatic rings. The van der Waals surface area contributed by atoms with Crippen LogP contribution in [-0.4, -0.2) is 40.6 Å². The van der Waals surface area contributed by atoms with Crippen molar-refractivity contribution < 1.29 is 19.3 Å². The maximum absolute atomic E-state index is 12.2. The smallest absolute Gasteiger partial charge is 0.304 e. The molecule has 1 aliphatic heterocycles. The molecule has 0 aliphatic carbocycles. The predicted octanol–water partition coefficient (Wildman–Crippen LogP) is -0.724. The Hall–Kier alpha value is -2.97. The van der Waals surface area contributed by atoms with Gasteiger partial charge in [0, 0.05) is 0 Å². The van der Waals surface area contributed by atoms with Gasteiger partial charge in [-0.2, -0.15) is 0 Å². The Morgan fingerprint density at radius 3 is 2.45 bits per heavy atom. The van der Waals surface area contributed by atoms with Gasteiger partial charge in [-0.1, -0.05) is 6.07 Å². The first-order valence-corrected chi connectivity index (χ1v) is 5.55. The van der Waals surface area contributed by atoms with Crippen molar-refractivity contribution >= 4 is 29.1 Å². The summed E-state index contributed by atoms with van der Waals surface area (Å²) in [5.74, 6) is -2.06. The molecule has 1 fully saturated rings. The lowest BCUT2D eigenvalue weighted by molar-refractivity contribution is -0.384. The second-order valence-corrected chi connectivity index (χ2v) is 4.13. The first-order valence-electron chi connectivity index (χ1n) is 5.55. The zero-order valence-electron chi connectivity index (χ0n) is 10.2. The molecule has 1 heterocycles. The summed E-state index contributed by atoms with van der Waals surface area (Å²) in [6.45, 7) is -0.674. The number of anilines is 1. The third kappa shape index (κ3) is 2.41. The van der Waals surface area contributed by atoms with Crippen molar-refractivity contribution in [1.29, 1.82) is 0 Å². The van der Waals surface area contributed by atoms with Gasteiger partial charge in [-0.3, -0.25) is 29.8 Å². The number of hydrogen-bond donors (Lipinski definition) is 2. The number of nitrogens with two attached hydrogens (primary N) is 1. The largest absolute Gasteiger partial charge is 0.393 e. The molecule has 0 saturated carbocycles. The highest BCUT2D eigenvalue weighted by Crippen LogP contribution is 2.27. The molecule has 0 aromatic heterocycles. The third-order valence-electron chi connectivity index (χ3n) is 2.72. The summed E-state index contributed by atoms with van der Waals surface area (Å²) in [5.41, 5.74) is 4.54. The summed E-state index contributed by atoms with van der Waals surface area (Å²) in [5, 5.41) is 13.0. The topological polar surface area (TPSA) is 136 Å². The van der Waals surface area contributed by atoms with Gasteiger partial charge in [0.05, 0.1) is 4.92 Å². The quantitative estimate of drug-likeness (QED) is 0.317. The number of rotatable bonds is 2. The Balaban J connectivity index is 2.39. The highest BCUT2D eigenvalue weighted by Gasteiger charge is 2.31. The zero-order chi connectivity index (χ0) is 14.9. The summed E-state index contributed by atoms with van der Waals surface area (Å²) in [6.07, 6.45) is 0. The van der Waals surface area contributed by atoms with Gasteiger partial charge in [0.2, 0.25) is 11.8 Å². The van der Waals surface area contributed by atoms with Crippen LogP contribution in [0.4, 0.5) is 11.4 Å². The van der Waals surface area contributed by atoms with E-state index in [1.54, 1.807) is 0 Å². The summed E-state index contributed by atoms with van der Waals surface area (Å²) in [4.78, 5) is 45.8. The lowest BCUT2D eigenvalue weighted by atomic mass is 10.1. The molecule has 9 nitrogen and oxygen atoms in total. The number of imide groups is 1. The minimum atomic E-state index is -0.785. The molecule has 0 unspecified atom stereocenters. The molecular formula is C11H10N4O5. The van der Waals surface area contributed by atoms with Crippen LogP contribution in [0.25, 0.3) is 0 Å². The van der Waals surface area contributed by atoms with Crippen molar-refractivity contribution in [2.45, 2.75) is 0 Å². The number of benzene rings is 1. The van der Waals surface area contributed by atoms with E-state index in [-0.39, 0.29) is 24.3 Å². The fourth-order valence-electron chi connectivity index (χ4n) is 1.89. The highest BCUT2D eigenvalue weighted by atomic mass is 16.6. The normalized spacial score (nSPS) is 14.9. The van der Waals surface area contributed by atoms with Crippen LogP contribution in [-0.2, 0) is 9.59 Å². The second-order valence-electron chi connectivity index (χ2n) is 4.13. The van der Waals surface area contributed by atoms with Crippen molar-refractivity contribution in [3.05, 3.63) is 33.9 Å². The van der Waals surface area contributed by atoms with Gasteiger partial charge in [-0.15, -0.1) is 0 Å². The molecule has 0 bridgehead atoms. The van der Waals surface area contributed by atoms with E-state index < -0.39 is 28.3 Å². The van der Waals surface area contributed by atoms with Crippen molar-refractivity contribution in [2.24, 2.45) is 0 Å². The van der Waals surface area contributed by atoms with Gasteiger partial charge in [0.1, 0.15) is 24.3 Å². The predicted molar refractivity (Wildman–Crippen MR) is 66.6 cm³/mol. The molecule has 9 heteroatoms. The molecular weight excluding hydrogens is 268 g/mol. The van der Waals surface area contributed by atoms with E-state index >= 15 is 0 Å². The van der Waals surface area contributed by atoms with Gasteiger partial charge < -0.3 is 10.6 Å². The minimum Gasteiger partial charge on any atom is -0.393 e. The Morgan fingerprint density at radius 2 is 1.90 bits per heavy atom. The Kier molecular flexibility index (Phi) is 3.34. The van der Waals surface area contributed by atoms with E-state index in [4.69, 9.17) is 5.73 Å². The number of carbonyl (C=O) groups excluding carboxylic acids is 3. The number of amides is 3. The van der Waals surface area contributed by atoms with E-state index in [9.17, 15) is 24.5 Å². The average molecular weight is 278 g/mol. The fraction of sp³-hybridized carbons (Fsp3) is 0.182. The van der Waals surface area contributed by atoms with Crippen LogP contribution in [0.3, 0.4) is 0 Å². The SMILES string of the molecule is Nc1cccc(C(=O)N2CC(=O)NC(=O)C2)c1[N+](=O)[O-]. The standard InChI is InChI=1S/C11H10N4O5/c12-7-3-1-2-6(10(7)15(19)20)11(18)14-4-8(16)13-9(17)5-14/h1-3H,4-5,12H2,(H,13,16,17). The molecule has 0 radical (unpaired) electrons. The summed E-state index contributed by atoms with van der Waals surface area (Å²) in [7, 11) is 0. The Bertz CT molecular complexity index is 611. The molecule has 104 valence electrons. The molecule has 1 saturated heterocycles. The Labute approximate surface area is 112 Å². The fourth-order valence-corrected chi connectivity index (χ4v) is 1.89. The van der Waals surface area contributed by atoms with Crippen LogP contribution < -0.4 is 11.1 Å². The van der Waals surface area contributed by atoms with Gasteiger partial charge in [0.25, 0.3) is 5.91 Å². The molecule has 3 N–H and O–H groups in total. The zero-order valence-corrected chi connectivity index (χ0v) is 10.2. The van der Waals surface area contributed by atoms with Crippen molar-refractivity contribution in [1.82, 2.24) is 10.2 Å². The van der Waals surface area contributed by atoms with Crippen LogP contribution in [0.15, 0.2) is 18.2 Å². The number of nitro groups is 1. The lowest BCUT2D eigenvalue weighted by Crippen LogP contribution is -2.53. The number of nitrogens with one attached hydrogen (secondary N) is 1. The van der Waals surface area contributed by atoms with E-state index in [1.807, 2.05) is 5.32 Å².